The average molecular weight is 340 g/mol. The maximum atomic E-state index is 12.1. The Bertz CT molecular complexity index is 452. The van der Waals surface area contributed by atoms with Gasteiger partial charge in [-0.2, -0.15) is 0 Å². The van der Waals surface area contributed by atoms with E-state index in [4.69, 9.17) is 4.74 Å². The van der Waals surface area contributed by atoms with E-state index in [0.29, 0.717) is 12.8 Å². The number of allylic oxidation sites excluding steroid dienone is 2. The molecule has 0 rings (SSSR count). The molecule has 0 aliphatic carbocycles. The monoisotopic (exact) mass is 339 g/mol. The largest absolute Gasteiger partial charge is 0.444 e. The van der Waals surface area contributed by atoms with Crippen LogP contribution in [0.2, 0.25) is 0 Å². The lowest BCUT2D eigenvalue weighted by molar-refractivity contribution is 0.0466. The van der Waals surface area contributed by atoms with Crippen molar-refractivity contribution in [2.24, 2.45) is 5.92 Å². The second-order valence-corrected chi connectivity index (χ2v) is 7.84. The van der Waals surface area contributed by atoms with Gasteiger partial charge in [-0.05, 0) is 78.4 Å². The fourth-order valence-corrected chi connectivity index (χ4v) is 2.58. The molecule has 0 fully saturated rings. The van der Waals surface area contributed by atoms with Crippen LogP contribution in [0.15, 0.2) is 23.3 Å². The molecule has 1 amide bonds. The average Bonchev–Trinajstić information content (AvgIpc) is 2.46. The highest BCUT2D eigenvalue weighted by molar-refractivity contribution is 5.68. The van der Waals surface area contributed by atoms with Crippen LogP contribution in [0.5, 0.6) is 0 Å². The second kappa shape index (κ2) is 9.26. The van der Waals surface area contributed by atoms with Crippen molar-refractivity contribution in [1.82, 2.24) is 5.32 Å². The van der Waals surface area contributed by atoms with Crippen LogP contribution in [0.1, 0.15) is 75.2 Å². The molecule has 4 nitrogen and oxygen atoms in total. The minimum atomic E-state index is -0.966. The van der Waals surface area contributed by atoms with E-state index in [1.54, 1.807) is 0 Å². The van der Waals surface area contributed by atoms with E-state index in [2.05, 4.69) is 19.2 Å². The second-order valence-electron chi connectivity index (χ2n) is 7.84. The van der Waals surface area contributed by atoms with E-state index >= 15 is 0 Å². The van der Waals surface area contributed by atoms with Crippen LogP contribution >= 0.6 is 0 Å². The third kappa shape index (κ3) is 7.08. The predicted octanol–water partition coefficient (Wildman–Crippen LogP) is 4.98. The number of amides is 1. The first-order valence-electron chi connectivity index (χ1n) is 8.86. The lowest BCUT2D eigenvalue weighted by Gasteiger charge is -2.33. The van der Waals surface area contributed by atoms with Gasteiger partial charge in [0, 0.05) is 6.04 Å². The Balaban J connectivity index is 5.10. The van der Waals surface area contributed by atoms with Crippen LogP contribution in [0, 0.1) is 5.92 Å². The van der Waals surface area contributed by atoms with Crippen LogP contribution in [-0.4, -0.2) is 28.4 Å². The zero-order valence-corrected chi connectivity index (χ0v) is 17.0. The minimum absolute atomic E-state index is 0.0549. The van der Waals surface area contributed by atoms with Crippen molar-refractivity contribution in [3.63, 3.8) is 0 Å². The molecule has 0 aliphatic rings. The molecule has 0 saturated carbocycles. The lowest BCUT2D eigenvalue weighted by Crippen LogP contribution is -2.43. The molecule has 2 N–H and O–H groups in total. The third-order valence-corrected chi connectivity index (χ3v) is 4.49. The third-order valence-electron chi connectivity index (χ3n) is 4.49. The summed E-state index contributed by atoms with van der Waals surface area (Å²) in [5.74, 6) is 0.249. The summed E-state index contributed by atoms with van der Waals surface area (Å²) in [4.78, 5) is 12.1. The van der Waals surface area contributed by atoms with Gasteiger partial charge in [-0.25, -0.2) is 4.79 Å². The normalized spacial score (nSPS) is 17.5. The van der Waals surface area contributed by atoms with E-state index in [1.165, 1.54) is 0 Å². The molecule has 0 radical (unpaired) electrons. The van der Waals surface area contributed by atoms with Crippen molar-refractivity contribution in [3.05, 3.63) is 23.3 Å². The standard InChI is InChI=1S/C20H37NO3/c1-10-15(5)20(23,16(6)11-2)13-12-17(14(3)4)21-18(22)24-19(7,8)9/h10-11,14,17,23H,12-13H2,1-9H3,(H,21,22)/b15-10-,16-11+/t17-,20?/m1/s1. The van der Waals surface area contributed by atoms with Crippen LogP contribution < -0.4 is 5.32 Å². The van der Waals surface area contributed by atoms with Gasteiger partial charge in [-0.3, -0.25) is 0 Å². The topological polar surface area (TPSA) is 58.6 Å². The number of alkyl carbamates (subject to hydrolysis) is 1. The summed E-state index contributed by atoms with van der Waals surface area (Å²) in [7, 11) is 0. The highest BCUT2D eigenvalue weighted by Gasteiger charge is 2.32. The Morgan fingerprint density at radius 3 is 1.92 bits per heavy atom. The molecular weight excluding hydrogens is 302 g/mol. The van der Waals surface area contributed by atoms with Crippen molar-refractivity contribution in [1.29, 1.82) is 0 Å². The van der Waals surface area contributed by atoms with E-state index in [0.717, 1.165) is 11.1 Å². The Hall–Kier alpha value is -1.29. The molecule has 24 heavy (non-hydrogen) atoms. The van der Waals surface area contributed by atoms with Gasteiger partial charge in [0.05, 0.1) is 0 Å². The summed E-state index contributed by atoms with van der Waals surface area (Å²) < 4.78 is 5.35. The first-order chi connectivity index (χ1) is 10.9. The molecule has 0 saturated heterocycles. The summed E-state index contributed by atoms with van der Waals surface area (Å²) in [6, 6.07) is -0.0549. The first-order valence-corrected chi connectivity index (χ1v) is 8.86. The minimum Gasteiger partial charge on any atom is -0.444 e. The summed E-state index contributed by atoms with van der Waals surface area (Å²) in [6.07, 6.45) is 4.70. The van der Waals surface area contributed by atoms with Crippen molar-refractivity contribution in [2.45, 2.75) is 92.4 Å². The Labute approximate surface area is 148 Å². The number of ether oxygens (including phenoxy) is 1. The molecule has 1 unspecified atom stereocenters. The quantitative estimate of drug-likeness (QED) is 0.643. The Kier molecular flexibility index (Phi) is 8.76. The van der Waals surface area contributed by atoms with Gasteiger partial charge in [0.2, 0.25) is 0 Å². The van der Waals surface area contributed by atoms with Crippen molar-refractivity contribution >= 4 is 6.09 Å². The van der Waals surface area contributed by atoms with E-state index < -0.39 is 17.3 Å². The predicted molar refractivity (Wildman–Crippen MR) is 101 cm³/mol. The highest BCUT2D eigenvalue weighted by atomic mass is 16.6. The summed E-state index contributed by atoms with van der Waals surface area (Å²) in [5, 5.41) is 14.1. The van der Waals surface area contributed by atoms with Gasteiger partial charge in [-0.15, -0.1) is 0 Å². The molecular formula is C20H37NO3. The molecule has 140 valence electrons. The molecule has 0 aromatic heterocycles. The van der Waals surface area contributed by atoms with Crippen molar-refractivity contribution in [3.8, 4) is 0 Å². The van der Waals surface area contributed by atoms with Crippen molar-refractivity contribution in [2.75, 3.05) is 0 Å². The number of carbonyl (C=O) groups excluding carboxylic acids is 1. The summed E-state index contributed by atoms with van der Waals surface area (Å²) in [5.41, 5.74) is 0.373. The number of rotatable bonds is 7. The Morgan fingerprint density at radius 2 is 1.58 bits per heavy atom. The molecule has 4 heteroatoms. The van der Waals surface area contributed by atoms with E-state index in [1.807, 2.05) is 60.6 Å². The van der Waals surface area contributed by atoms with Crippen LogP contribution in [-0.2, 0) is 4.74 Å². The number of hydrogen-bond donors (Lipinski definition) is 2. The van der Waals surface area contributed by atoms with E-state index in [9.17, 15) is 9.90 Å². The SMILES string of the molecule is C/C=C(/C)C(O)(CC[C@@H](NC(=O)OC(C)(C)C)C(C)C)/C(C)=C/C. The number of nitrogens with one attached hydrogen (secondary N) is 1. The van der Waals surface area contributed by atoms with Crippen molar-refractivity contribution < 1.29 is 14.6 Å². The molecule has 0 bridgehead atoms. The number of hydrogen-bond acceptors (Lipinski definition) is 3. The highest BCUT2D eigenvalue weighted by Crippen LogP contribution is 2.31. The maximum absolute atomic E-state index is 12.1. The molecule has 0 aromatic carbocycles. The zero-order chi connectivity index (χ0) is 19.1. The molecule has 0 aliphatic heterocycles. The fraction of sp³-hybridized carbons (Fsp3) is 0.750. The Morgan fingerprint density at radius 1 is 1.12 bits per heavy atom. The van der Waals surface area contributed by atoms with Gasteiger partial charge in [0.1, 0.15) is 11.2 Å². The lowest BCUT2D eigenvalue weighted by atomic mass is 9.81. The van der Waals surface area contributed by atoms with Gasteiger partial charge < -0.3 is 15.2 Å². The van der Waals surface area contributed by atoms with Gasteiger partial charge in [0.25, 0.3) is 0 Å². The molecule has 0 heterocycles. The summed E-state index contributed by atoms with van der Waals surface area (Å²) in [6.45, 7) is 17.4. The molecule has 0 aromatic rings. The van der Waals surface area contributed by atoms with Crippen LogP contribution in [0.3, 0.4) is 0 Å². The number of carbonyl (C=O) groups is 1. The smallest absolute Gasteiger partial charge is 0.407 e. The molecule has 0 spiro atoms. The molecule has 2 atom stereocenters. The fourth-order valence-electron chi connectivity index (χ4n) is 2.58. The number of aliphatic hydroxyl groups is 1. The first kappa shape index (κ1) is 22.7. The summed E-state index contributed by atoms with van der Waals surface area (Å²) >= 11 is 0. The van der Waals surface area contributed by atoms with Gasteiger partial charge in [-0.1, -0.05) is 26.0 Å². The van der Waals surface area contributed by atoms with Gasteiger partial charge >= 0.3 is 6.09 Å². The van der Waals surface area contributed by atoms with E-state index in [-0.39, 0.29) is 12.0 Å². The van der Waals surface area contributed by atoms with Gasteiger partial charge in [0.15, 0.2) is 0 Å². The van der Waals surface area contributed by atoms with Crippen LogP contribution in [0.25, 0.3) is 0 Å². The zero-order valence-electron chi connectivity index (χ0n) is 17.0. The maximum Gasteiger partial charge on any atom is 0.407 e. The van der Waals surface area contributed by atoms with Crippen LogP contribution in [0.4, 0.5) is 4.79 Å².